The maximum absolute atomic E-state index is 13.0. The second-order valence-corrected chi connectivity index (χ2v) is 8.94. The summed E-state index contributed by atoms with van der Waals surface area (Å²) in [6.45, 7) is 5.92. The summed E-state index contributed by atoms with van der Waals surface area (Å²) in [5, 5.41) is 3.39. The first kappa shape index (κ1) is 17.5. The normalized spacial score (nSPS) is 26.6. The Morgan fingerprint density at radius 2 is 2.00 bits per heavy atom. The van der Waals surface area contributed by atoms with Crippen LogP contribution >= 0.6 is 11.8 Å². The average Bonchev–Trinajstić information content (AvgIpc) is 2.77. The van der Waals surface area contributed by atoms with Gasteiger partial charge in [0, 0.05) is 38.0 Å². The van der Waals surface area contributed by atoms with Gasteiger partial charge in [0.1, 0.15) is 0 Å². The lowest BCUT2D eigenvalue weighted by atomic mass is 10.1. The molecule has 0 aromatic heterocycles. The van der Waals surface area contributed by atoms with Crippen molar-refractivity contribution in [2.45, 2.75) is 45.1 Å². The molecule has 124 valence electrons. The fourth-order valence-electron chi connectivity index (χ4n) is 3.03. The number of nitrogens with one attached hydrogen (secondary N) is 1. The zero-order valence-electron chi connectivity index (χ0n) is 13.1. The van der Waals surface area contributed by atoms with E-state index in [4.69, 9.17) is 0 Å². The molecule has 2 aliphatic heterocycles. The Balaban J connectivity index is 2.03. The van der Waals surface area contributed by atoms with Gasteiger partial charge in [0.25, 0.3) is 10.2 Å². The van der Waals surface area contributed by atoms with Crippen LogP contribution < -0.4 is 5.32 Å². The van der Waals surface area contributed by atoms with Crippen molar-refractivity contribution in [1.29, 1.82) is 0 Å². The lowest BCUT2D eigenvalue weighted by Crippen LogP contribution is -2.54. The Morgan fingerprint density at radius 1 is 1.14 bits per heavy atom. The average molecular weight is 336 g/mol. The highest BCUT2D eigenvalue weighted by atomic mass is 32.2. The van der Waals surface area contributed by atoms with Crippen molar-refractivity contribution >= 4 is 22.0 Å². The summed E-state index contributed by atoms with van der Waals surface area (Å²) in [5.74, 6) is 2.00. The van der Waals surface area contributed by atoms with Crippen LogP contribution in [-0.4, -0.2) is 67.3 Å². The van der Waals surface area contributed by atoms with Crippen LogP contribution in [0, 0.1) is 0 Å². The van der Waals surface area contributed by atoms with Gasteiger partial charge in [0.05, 0.1) is 0 Å². The van der Waals surface area contributed by atoms with Crippen molar-refractivity contribution in [2.75, 3.05) is 44.2 Å². The molecule has 2 heterocycles. The first-order valence-corrected chi connectivity index (χ1v) is 10.8. The van der Waals surface area contributed by atoms with Gasteiger partial charge in [-0.15, -0.1) is 0 Å². The van der Waals surface area contributed by atoms with E-state index in [1.54, 1.807) is 8.61 Å². The molecule has 0 aromatic rings. The van der Waals surface area contributed by atoms with E-state index < -0.39 is 10.2 Å². The highest BCUT2D eigenvalue weighted by Gasteiger charge is 2.36. The lowest BCUT2D eigenvalue weighted by molar-refractivity contribution is 0.227. The number of piperidine rings is 1. The number of hydrogen-bond donors (Lipinski definition) is 1. The van der Waals surface area contributed by atoms with Crippen LogP contribution in [0.5, 0.6) is 0 Å². The van der Waals surface area contributed by atoms with E-state index in [-0.39, 0.29) is 6.04 Å². The fraction of sp³-hybridized carbons (Fsp3) is 1.00. The maximum atomic E-state index is 13.0. The van der Waals surface area contributed by atoms with E-state index in [2.05, 4.69) is 12.2 Å². The second kappa shape index (κ2) is 8.72. The molecule has 0 bridgehead atoms. The minimum Gasteiger partial charge on any atom is -0.315 e. The standard InChI is InChI=1S/C14H29N3O2S2/c1-2-7-15-13-14-6-3-4-9-17(14)21(18,19)16-8-5-11-20-12-10-16/h14-15H,2-13H2,1H3. The van der Waals surface area contributed by atoms with Crippen LogP contribution in [-0.2, 0) is 10.2 Å². The maximum Gasteiger partial charge on any atom is 0.282 e. The lowest BCUT2D eigenvalue weighted by Gasteiger charge is -2.37. The summed E-state index contributed by atoms with van der Waals surface area (Å²) in [7, 11) is -3.28. The molecule has 2 aliphatic rings. The van der Waals surface area contributed by atoms with Crippen LogP contribution in [0.15, 0.2) is 0 Å². The molecule has 1 N–H and O–H groups in total. The Morgan fingerprint density at radius 3 is 2.81 bits per heavy atom. The van der Waals surface area contributed by atoms with Gasteiger partial charge in [-0.1, -0.05) is 13.3 Å². The summed E-state index contributed by atoms with van der Waals surface area (Å²) in [6, 6.07) is 0.131. The first-order valence-electron chi connectivity index (χ1n) is 8.21. The molecule has 1 unspecified atom stereocenters. The van der Waals surface area contributed by atoms with Gasteiger partial charge in [0.2, 0.25) is 0 Å². The molecule has 2 rings (SSSR count). The van der Waals surface area contributed by atoms with Crippen molar-refractivity contribution in [2.24, 2.45) is 0 Å². The molecule has 0 saturated carbocycles. The molecule has 0 amide bonds. The van der Waals surface area contributed by atoms with Gasteiger partial charge >= 0.3 is 0 Å². The minimum atomic E-state index is -3.28. The van der Waals surface area contributed by atoms with E-state index in [9.17, 15) is 8.42 Å². The monoisotopic (exact) mass is 335 g/mol. The third-order valence-corrected chi connectivity index (χ3v) is 7.32. The molecule has 1 atom stereocenters. The predicted octanol–water partition coefficient (Wildman–Crippen LogP) is 1.52. The third kappa shape index (κ3) is 4.82. The van der Waals surface area contributed by atoms with E-state index >= 15 is 0 Å². The molecule has 7 heteroatoms. The number of thioether (sulfide) groups is 1. The van der Waals surface area contributed by atoms with E-state index in [1.165, 1.54) is 0 Å². The van der Waals surface area contributed by atoms with Crippen molar-refractivity contribution in [3.8, 4) is 0 Å². The zero-order valence-corrected chi connectivity index (χ0v) is 14.7. The van der Waals surface area contributed by atoms with Crippen LogP contribution in [0.2, 0.25) is 0 Å². The highest BCUT2D eigenvalue weighted by Crippen LogP contribution is 2.24. The molecule has 0 aliphatic carbocycles. The highest BCUT2D eigenvalue weighted by molar-refractivity contribution is 7.99. The topological polar surface area (TPSA) is 52.7 Å². The van der Waals surface area contributed by atoms with Crippen molar-refractivity contribution in [3.05, 3.63) is 0 Å². The second-order valence-electron chi connectivity index (χ2n) is 5.84. The van der Waals surface area contributed by atoms with E-state index in [1.807, 2.05) is 11.8 Å². The molecule has 21 heavy (non-hydrogen) atoms. The first-order chi connectivity index (χ1) is 10.2. The quantitative estimate of drug-likeness (QED) is 0.748. The van der Waals surface area contributed by atoms with Crippen LogP contribution in [0.1, 0.15) is 39.0 Å². The van der Waals surface area contributed by atoms with E-state index in [0.717, 1.165) is 56.7 Å². The Bertz CT molecular complexity index is 395. The molecule has 5 nitrogen and oxygen atoms in total. The van der Waals surface area contributed by atoms with Crippen LogP contribution in [0.4, 0.5) is 0 Å². The number of rotatable bonds is 6. The zero-order chi connectivity index (χ0) is 15.1. The minimum absolute atomic E-state index is 0.131. The van der Waals surface area contributed by atoms with Gasteiger partial charge in [-0.25, -0.2) is 0 Å². The molecular formula is C14H29N3O2S2. The predicted molar refractivity (Wildman–Crippen MR) is 89.9 cm³/mol. The molecule has 0 radical (unpaired) electrons. The third-order valence-electron chi connectivity index (χ3n) is 4.18. The summed E-state index contributed by atoms with van der Waals surface area (Å²) >= 11 is 1.86. The van der Waals surface area contributed by atoms with Crippen molar-refractivity contribution in [3.63, 3.8) is 0 Å². The van der Waals surface area contributed by atoms with Crippen molar-refractivity contribution in [1.82, 2.24) is 13.9 Å². The largest absolute Gasteiger partial charge is 0.315 e. The molecular weight excluding hydrogens is 306 g/mol. The summed E-state index contributed by atoms with van der Waals surface area (Å²) in [5.41, 5.74) is 0. The van der Waals surface area contributed by atoms with Gasteiger partial charge in [-0.3, -0.25) is 0 Å². The van der Waals surface area contributed by atoms with Gasteiger partial charge in [-0.2, -0.15) is 28.8 Å². The molecule has 2 fully saturated rings. The molecule has 0 aromatic carbocycles. The smallest absolute Gasteiger partial charge is 0.282 e. The molecule has 2 saturated heterocycles. The van der Waals surface area contributed by atoms with E-state index in [0.29, 0.717) is 19.6 Å². The Hall–Kier alpha value is 0.180. The van der Waals surface area contributed by atoms with Gasteiger partial charge in [0.15, 0.2) is 0 Å². The number of hydrogen-bond acceptors (Lipinski definition) is 4. The molecule has 0 spiro atoms. The Labute approximate surface area is 134 Å². The van der Waals surface area contributed by atoms with Crippen LogP contribution in [0.3, 0.4) is 0 Å². The summed E-state index contributed by atoms with van der Waals surface area (Å²) < 4.78 is 29.4. The fourth-order valence-corrected chi connectivity index (χ4v) is 5.93. The van der Waals surface area contributed by atoms with Gasteiger partial charge in [-0.05, 0) is 38.0 Å². The SMILES string of the molecule is CCCNCC1CCCCN1S(=O)(=O)N1CCCSCC1. The van der Waals surface area contributed by atoms with Crippen molar-refractivity contribution < 1.29 is 8.42 Å². The van der Waals surface area contributed by atoms with Crippen LogP contribution in [0.25, 0.3) is 0 Å². The number of nitrogens with zero attached hydrogens (tertiary/aromatic N) is 2. The van der Waals surface area contributed by atoms with Gasteiger partial charge < -0.3 is 5.32 Å². The Kier molecular flexibility index (Phi) is 7.28. The summed E-state index contributed by atoms with van der Waals surface area (Å²) in [6.07, 6.45) is 5.17. The summed E-state index contributed by atoms with van der Waals surface area (Å²) in [4.78, 5) is 0.